The van der Waals surface area contributed by atoms with E-state index in [1.807, 2.05) is 12.1 Å². The van der Waals surface area contributed by atoms with Crippen LogP contribution in [0.3, 0.4) is 0 Å². The van der Waals surface area contributed by atoms with Crippen LogP contribution in [0.25, 0.3) is 10.2 Å². The van der Waals surface area contributed by atoms with Crippen LogP contribution in [0.5, 0.6) is 0 Å². The Labute approximate surface area is 143 Å². The first-order valence-electron chi connectivity index (χ1n) is 7.75. The van der Waals surface area contributed by atoms with Crippen LogP contribution in [0.2, 0.25) is 0 Å². The number of fused-ring (bicyclic) bond motifs is 1. The zero-order valence-electron chi connectivity index (χ0n) is 13.9. The van der Waals surface area contributed by atoms with E-state index in [1.54, 1.807) is 11.5 Å². The second kappa shape index (κ2) is 6.20. The van der Waals surface area contributed by atoms with Crippen LogP contribution in [0.15, 0.2) is 35.4 Å². The van der Waals surface area contributed by atoms with Crippen molar-refractivity contribution in [1.29, 1.82) is 0 Å². The van der Waals surface area contributed by atoms with E-state index in [9.17, 15) is 9.59 Å². The molecule has 0 saturated heterocycles. The van der Waals surface area contributed by atoms with Crippen molar-refractivity contribution in [2.45, 2.75) is 33.2 Å². The van der Waals surface area contributed by atoms with E-state index in [0.29, 0.717) is 33.1 Å². The molecule has 0 aliphatic carbocycles. The van der Waals surface area contributed by atoms with Gasteiger partial charge in [-0.25, -0.2) is 4.98 Å². The number of thiophene rings is 1. The molecule has 0 fully saturated rings. The maximum absolute atomic E-state index is 12.7. The average molecular weight is 341 g/mol. The van der Waals surface area contributed by atoms with Crippen molar-refractivity contribution < 1.29 is 4.79 Å². The van der Waals surface area contributed by atoms with Gasteiger partial charge in [0.2, 0.25) is 0 Å². The summed E-state index contributed by atoms with van der Waals surface area (Å²) in [4.78, 5) is 29.5. The highest BCUT2D eigenvalue weighted by atomic mass is 32.1. The summed E-state index contributed by atoms with van der Waals surface area (Å²) in [5, 5.41) is 0.482. The maximum Gasteiger partial charge on any atom is 0.262 e. The standard InChI is InChI=1S/C18H19N3O2S/c1-10(2)13-6-4-12(5-7-13)8-21-9-20-17-14(18(21)23)11(3)15(24-17)16(19)22/h4-7,9-10H,8H2,1-3H3,(H2,19,22). The van der Waals surface area contributed by atoms with E-state index in [4.69, 9.17) is 5.73 Å². The predicted octanol–water partition coefficient (Wildman–Crippen LogP) is 3.04. The molecule has 0 bridgehead atoms. The second-order valence-corrected chi connectivity index (χ2v) is 7.17. The van der Waals surface area contributed by atoms with Crippen molar-refractivity contribution in [2.24, 2.45) is 5.73 Å². The van der Waals surface area contributed by atoms with Gasteiger partial charge in [0.25, 0.3) is 11.5 Å². The molecular formula is C18H19N3O2S. The van der Waals surface area contributed by atoms with Gasteiger partial charge < -0.3 is 5.73 Å². The van der Waals surface area contributed by atoms with E-state index in [0.717, 1.165) is 5.56 Å². The third-order valence-electron chi connectivity index (χ3n) is 4.14. The Morgan fingerprint density at radius 2 is 1.96 bits per heavy atom. The molecule has 0 aliphatic rings. The number of nitrogens with zero attached hydrogens (tertiary/aromatic N) is 2. The Kier molecular flexibility index (Phi) is 4.24. The van der Waals surface area contributed by atoms with Gasteiger partial charge in [-0.3, -0.25) is 14.2 Å². The molecule has 2 heterocycles. The Morgan fingerprint density at radius 1 is 1.29 bits per heavy atom. The van der Waals surface area contributed by atoms with Crippen molar-refractivity contribution >= 4 is 27.5 Å². The van der Waals surface area contributed by atoms with Gasteiger partial charge >= 0.3 is 0 Å². The van der Waals surface area contributed by atoms with E-state index < -0.39 is 5.91 Å². The fourth-order valence-corrected chi connectivity index (χ4v) is 3.70. The molecule has 124 valence electrons. The Hall–Kier alpha value is -2.47. The summed E-state index contributed by atoms with van der Waals surface area (Å²) in [6.45, 7) is 6.48. The number of aromatic nitrogens is 2. The van der Waals surface area contributed by atoms with Crippen LogP contribution in [0.4, 0.5) is 0 Å². The zero-order chi connectivity index (χ0) is 17.4. The van der Waals surface area contributed by atoms with Gasteiger partial charge in [-0.2, -0.15) is 0 Å². The SMILES string of the molecule is Cc1c(C(N)=O)sc2ncn(Cc3ccc(C(C)C)cc3)c(=O)c12. The number of aryl methyl sites for hydroxylation is 1. The normalized spacial score (nSPS) is 11.3. The number of amides is 1. The van der Waals surface area contributed by atoms with Gasteiger partial charge in [0, 0.05) is 0 Å². The first kappa shape index (κ1) is 16.4. The van der Waals surface area contributed by atoms with Gasteiger partial charge in [0.05, 0.1) is 23.1 Å². The smallest absolute Gasteiger partial charge is 0.262 e. The molecule has 1 aromatic carbocycles. The van der Waals surface area contributed by atoms with Crippen LogP contribution in [-0.2, 0) is 6.54 Å². The van der Waals surface area contributed by atoms with Crippen molar-refractivity contribution in [2.75, 3.05) is 0 Å². The van der Waals surface area contributed by atoms with Crippen LogP contribution < -0.4 is 11.3 Å². The number of benzene rings is 1. The summed E-state index contributed by atoms with van der Waals surface area (Å²) in [5.74, 6) is -0.0498. The lowest BCUT2D eigenvalue weighted by atomic mass is 10.0. The molecule has 0 unspecified atom stereocenters. The minimum Gasteiger partial charge on any atom is -0.365 e. The number of carbonyl (C=O) groups is 1. The third-order valence-corrected chi connectivity index (χ3v) is 5.35. The molecule has 3 aromatic rings. The van der Waals surface area contributed by atoms with Gasteiger partial charge in [0.15, 0.2) is 0 Å². The number of hydrogen-bond donors (Lipinski definition) is 1. The molecule has 0 spiro atoms. The minimum absolute atomic E-state index is 0.144. The van der Waals surface area contributed by atoms with Crippen molar-refractivity contribution in [1.82, 2.24) is 9.55 Å². The lowest BCUT2D eigenvalue weighted by molar-refractivity contribution is 0.100. The Balaban J connectivity index is 2.01. The van der Waals surface area contributed by atoms with Crippen LogP contribution in [0.1, 0.15) is 46.1 Å². The highest BCUT2D eigenvalue weighted by molar-refractivity contribution is 7.20. The van der Waals surface area contributed by atoms with Gasteiger partial charge in [-0.15, -0.1) is 11.3 Å². The fraction of sp³-hybridized carbons (Fsp3) is 0.278. The number of rotatable bonds is 4. The van der Waals surface area contributed by atoms with E-state index in [1.165, 1.54) is 23.2 Å². The molecule has 5 nitrogen and oxygen atoms in total. The maximum atomic E-state index is 12.7. The highest BCUT2D eigenvalue weighted by Crippen LogP contribution is 2.26. The highest BCUT2D eigenvalue weighted by Gasteiger charge is 2.17. The third kappa shape index (κ3) is 2.85. The number of carbonyl (C=O) groups excluding carboxylic acids is 1. The van der Waals surface area contributed by atoms with E-state index in [2.05, 4.69) is 31.0 Å². The molecular weight excluding hydrogens is 322 g/mol. The monoisotopic (exact) mass is 341 g/mol. The Morgan fingerprint density at radius 3 is 2.54 bits per heavy atom. The average Bonchev–Trinajstić information content (AvgIpc) is 2.88. The zero-order valence-corrected chi connectivity index (χ0v) is 14.7. The van der Waals surface area contributed by atoms with Gasteiger partial charge in [-0.1, -0.05) is 38.1 Å². The molecule has 3 rings (SSSR count). The van der Waals surface area contributed by atoms with E-state index >= 15 is 0 Å². The van der Waals surface area contributed by atoms with Crippen molar-refractivity contribution in [3.63, 3.8) is 0 Å². The van der Waals surface area contributed by atoms with E-state index in [-0.39, 0.29) is 5.56 Å². The summed E-state index contributed by atoms with van der Waals surface area (Å²) >= 11 is 1.17. The Bertz CT molecular complexity index is 968. The quantitative estimate of drug-likeness (QED) is 0.792. The first-order chi connectivity index (χ1) is 11.4. The number of primary amides is 1. The molecule has 0 aliphatic heterocycles. The topological polar surface area (TPSA) is 78.0 Å². The molecule has 2 N–H and O–H groups in total. The minimum atomic E-state index is -0.522. The summed E-state index contributed by atoms with van der Waals surface area (Å²) < 4.78 is 1.57. The fourth-order valence-electron chi connectivity index (χ4n) is 2.71. The summed E-state index contributed by atoms with van der Waals surface area (Å²) in [7, 11) is 0. The van der Waals surface area contributed by atoms with Crippen molar-refractivity contribution in [3.8, 4) is 0 Å². The molecule has 24 heavy (non-hydrogen) atoms. The van der Waals surface area contributed by atoms with Gasteiger partial charge in [0.1, 0.15) is 4.83 Å². The molecule has 6 heteroatoms. The molecule has 1 amide bonds. The largest absolute Gasteiger partial charge is 0.365 e. The lowest BCUT2D eigenvalue weighted by Crippen LogP contribution is -2.21. The lowest BCUT2D eigenvalue weighted by Gasteiger charge is -2.08. The van der Waals surface area contributed by atoms with Gasteiger partial charge in [-0.05, 0) is 29.5 Å². The summed E-state index contributed by atoms with van der Waals surface area (Å²) in [6.07, 6.45) is 1.53. The number of nitrogens with two attached hydrogens (primary N) is 1. The summed E-state index contributed by atoms with van der Waals surface area (Å²) in [5.41, 5.74) is 8.13. The summed E-state index contributed by atoms with van der Waals surface area (Å²) in [6, 6.07) is 8.22. The first-order valence-corrected chi connectivity index (χ1v) is 8.57. The van der Waals surface area contributed by atoms with Crippen molar-refractivity contribution in [3.05, 3.63) is 62.5 Å². The number of hydrogen-bond acceptors (Lipinski definition) is 4. The molecule has 2 aromatic heterocycles. The predicted molar refractivity (Wildman–Crippen MR) is 96.8 cm³/mol. The molecule has 0 radical (unpaired) electrons. The van der Waals surface area contributed by atoms with Crippen LogP contribution in [-0.4, -0.2) is 15.5 Å². The molecule has 0 saturated carbocycles. The van der Waals surface area contributed by atoms with Crippen LogP contribution in [0, 0.1) is 6.92 Å². The van der Waals surface area contributed by atoms with Crippen LogP contribution >= 0.6 is 11.3 Å². The second-order valence-electron chi connectivity index (χ2n) is 6.17. The molecule has 0 atom stereocenters.